The Morgan fingerprint density at radius 2 is 1.46 bits per heavy atom. The fourth-order valence-electron chi connectivity index (χ4n) is 2.99. The van der Waals surface area contributed by atoms with Gasteiger partial charge < -0.3 is 10.6 Å². The Morgan fingerprint density at radius 3 is 2.11 bits per heavy atom. The first-order valence-electron chi connectivity index (χ1n) is 8.56. The molecule has 0 heterocycles. The van der Waals surface area contributed by atoms with Crippen molar-refractivity contribution >= 4 is 27.5 Å². The van der Waals surface area contributed by atoms with Crippen LogP contribution in [0.25, 0.3) is 11.1 Å². The van der Waals surface area contributed by atoms with Gasteiger partial charge in [0.2, 0.25) is 0 Å². The SMILES string of the molecule is Cc1cccc(NC(=O)Nc2cccc(-c3c(C)cccc3S(=O)(=O)O)c2)c1. The summed E-state index contributed by atoms with van der Waals surface area (Å²) in [7, 11) is -4.38. The highest BCUT2D eigenvalue weighted by atomic mass is 32.2. The van der Waals surface area contributed by atoms with Crippen molar-refractivity contribution in [3.05, 3.63) is 77.9 Å². The van der Waals surface area contributed by atoms with E-state index in [1.807, 2.05) is 25.1 Å². The minimum Gasteiger partial charge on any atom is -0.308 e. The second kappa shape index (κ2) is 7.84. The van der Waals surface area contributed by atoms with Crippen LogP contribution in [0.1, 0.15) is 11.1 Å². The number of amides is 2. The zero-order chi connectivity index (χ0) is 20.3. The molecule has 3 N–H and O–H groups in total. The first-order chi connectivity index (χ1) is 13.2. The normalized spacial score (nSPS) is 11.1. The topological polar surface area (TPSA) is 95.5 Å². The van der Waals surface area contributed by atoms with Gasteiger partial charge in [-0.15, -0.1) is 0 Å². The molecule has 0 bridgehead atoms. The fraction of sp³-hybridized carbons (Fsp3) is 0.0952. The van der Waals surface area contributed by atoms with Gasteiger partial charge in [0.05, 0.1) is 0 Å². The molecule has 0 unspecified atom stereocenters. The molecule has 0 atom stereocenters. The van der Waals surface area contributed by atoms with Gasteiger partial charge in [-0.05, 0) is 60.9 Å². The average Bonchev–Trinajstić information content (AvgIpc) is 2.61. The van der Waals surface area contributed by atoms with Crippen molar-refractivity contribution in [1.82, 2.24) is 0 Å². The van der Waals surface area contributed by atoms with Crippen LogP contribution >= 0.6 is 0 Å². The van der Waals surface area contributed by atoms with Gasteiger partial charge in [0, 0.05) is 16.9 Å². The molecular weight excluding hydrogens is 376 g/mol. The zero-order valence-electron chi connectivity index (χ0n) is 15.4. The molecule has 6 nitrogen and oxygen atoms in total. The molecule has 0 aliphatic carbocycles. The number of anilines is 2. The van der Waals surface area contributed by atoms with E-state index in [1.165, 1.54) is 6.07 Å². The summed E-state index contributed by atoms with van der Waals surface area (Å²) >= 11 is 0. The summed E-state index contributed by atoms with van der Waals surface area (Å²) in [6, 6.07) is 18.5. The minimum atomic E-state index is -4.38. The van der Waals surface area contributed by atoms with Gasteiger partial charge in [0.15, 0.2) is 0 Å². The number of hydrogen-bond acceptors (Lipinski definition) is 3. The highest BCUT2D eigenvalue weighted by molar-refractivity contribution is 7.86. The maximum Gasteiger partial charge on any atom is 0.323 e. The van der Waals surface area contributed by atoms with E-state index in [0.29, 0.717) is 28.1 Å². The second-order valence-electron chi connectivity index (χ2n) is 6.45. The monoisotopic (exact) mass is 396 g/mol. The molecule has 28 heavy (non-hydrogen) atoms. The number of carbonyl (C=O) groups is 1. The Kier molecular flexibility index (Phi) is 5.48. The lowest BCUT2D eigenvalue weighted by molar-refractivity contribution is 0.262. The maximum absolute atomic E-state index is 12.3. The van der Waals surface area contributed by atoms with Crippen LogP contribution in [0, 0.1) is 13.8 Å². The maximum atomic E-state index is 12.3. The summed E-state index contributed by atoms with van der Waals surface area (Å²) in [6.07, 6.45) is 0. The number of benzene rings is 3. The number of aryl methyl sites for hydroxylation is 2. The van der Waals surface area contributed by atoms with E-state index >= 15 is 0 Å². The van der Waals surface area contributed by atoms with Crippen LogP contribution in [0.3, 0.4) is 0 Å². The van der Waals surface area contributed by atoms with Gasteiger partial charge in [0.25, 0.3) is 10.1 Å². The molecule has 0 saturated carbocycles. The number of rotatable bonds is 4. The highest BCUT2D eigenvalue weighted by Crippen LogP contribution is 2.32. The smallest absolute Gasteiger partial charge is 0.308 e. The third-order valence-corrected chi connectivity index (χ3v) is 5.09. The number of hydrogen-bond donors (Lipinski definition) is 3. The fourth-order valence-corrected chi connectivity index (χ4v) is 3.78. The first kappa shape index (κ1) is 19.6. The first-order valence-corrected chi connectivity index (χ1v) is 10.0. The van der Waals surface area contributed by atoms with Crippen LogP contribution in [0.15, 0.2) is 71.6 Å². The lowest BCUT2D eigenvalue weighted by atomic mass is 10.00. The van der Waals surface area contributed by atoms with Crippen LogP contribution in [0.4, 0.5) is 16.2 Å². The molecule has 0 fully saturated rings. The van der Waals surface area contributed by atoms with Crippen molar-refractivity contribution in [1.29, 1.82) is 0 Å². The Hall–Kier alpha value is -3.16. The van der Waals surface area contributed by atoms with Crippen molar-refractivity contribution < 1.29 is 17.8 Å². The van der Waals surface area contributed by atoms with E-state index in [-0.39, 0.29) is 4.90 Å². The van der Waals surface area contributed by atoms with Crippen molar-refractivity contribution in [2.75, 3.05) is 10.6 Å². The Morgan fingerprint density at radius 1 is 0.857 bits per heavy atom. The van der Waals surface area contributed by atoms with Gasteiger partial charge in [-0.2, -0.15) is 8.42 Å². The summed E-state index contributed by atoms with van der Waals surface area (Å²) in [5.74, 6) is 0. The lowest BCUT2D eigenvalue weighted by Gasteiger charge is -2.13. The van der Waals surface area contributed by atoms with Gasteiger partial charge in [0.1, 0.15) is 4.90 Å². The van der Waals surface area contributed by atoms with E-state index in [2.05, 4.69) is 10.6 Å². The summed E-state index contributed by atoms with van der Waals surface area (Å²) in [6.45, 7) is 3.69. The van der Waals surface area contributed by atoms with Crippen LogP contribution in [0.2, 0.25) is 0 Å². The second-order valence-corrected chi connectivity index (χ2v) is 7.84. The Balaban J connectivity index is 1.89. The predicted molar refractivity (Wildman–Crippen MR) is 110 cm³/mol. The number of carbonyl (C=O) groups excluding carboxylic acids is 1. The third kappa shape index (κ3) is 4.57. The summed E-state index contributed by atoms with van der Waals surface area (Å²) in [5, 5.41) is 5.49. The molecule has 2 amide bonds. The summed E-state index contributed by atoms with van der Waals surface area (Å²) in [4.78, 5) is 12.1. The standard InChI is InChI=1S/C21H20N2O4S/c1-14-6-3-9-17(12-14)22-21(24)23-18-10-5-8-16(13-18)20-15(2)7-4-11-19(20)28(25,26)27/h3-13H,1-2H3,(H2,22,23,24)(H,25,26,27). The van der Waals surface area contributed by atoms with Crippen LogP contribution in [-0.4, -0.2) is 19.0 Å². The molecule has 3 rings (SSSR count). The lowest BCUT2D eigenvalue weighted by Crippen LogP contribution is -2.19. The van der Waals surface area contributed by atoms with E-state index in [9.17, 15) is 17.8 Å². The van der Waals surface area contributed by atoms with Gasteiger partial charge >= 0.3 is 6.03 Å². The molecule has 3 aromatic carbocycles. The molecule has 3 aromatic rings. The predicted octanol–water partition coefficient (Wildman–Crippen LogP) is 4.86. The number of nitrogens with one attached hydrogen (secondary N) is 2. The molecule has 0 aromatic heterocycles. The van der Waals surface area contributed by atoms with Crippen molar-refractivity contribution in [3.8, 4) is 11.1 Å². The molecule has 0 radical (unpaired) electrons. The van der Waals surface area contributed by atoms with E-state index in [1.54, 1.807) is 49.4 Å². The van der Waals surface area contributed by atoms with Crippen molar-refractivity contribution in [2.24, 2.45) is 0 Å². The largest absolute Gasteiger partial charge is 0.323 e. The molecule has 7 heteroatoms. The Labute approximate surface area is 164 Å². The molecule has 0 aliphatic heterocycles. The van der Waals surface area contributed by atoms with Crippen molar-refractivity contribution in [3.63, 3.8) is 0 Å². The molecule has 0 saturated heterocycles. The van der Waals surface area contributed by atoms with E-state index < -0.39 is 16.1 Å². The van der Waals surface area contributed by atoms with E-state index in [4.69, 9.17) is 0 Å². The van der Waals surface area contributed by atoms with E-state index in [0.717, 1.165) is 5.56 Å². The molecule has 144 valence electrons. The summed E-state index contributed by atoms with van der Waals surface area (Å²) < 4.78 is 33.0. The number of urea groups is 1. The van der Waals surface area contributed by atoms with Crippen molar-refractivity contribution in [2.45, 2.75) is 18.7 Å². The molecular formula is C21H20N2O4S. The average molecular weight is 396 g/mol. The highest BCUT2D eigenvalue weighted by Gasteiger charge is 2.18. The molecule has 0 spiro atoms. The van der Waals surface area contributed by atoms with Crippen LogP contribution in [-0.2, 0) is 10.1 Å². The minimum absolute atomic E-state index is 0.172. The van der Waals surface area contributed by atoms with Crippen LogP contribution < -0.4 is 10.6 Å². The summed E-state index contributed by atoms with van der Waals surface area (Å²) in [5.41, 5.74) is 3.84. The van der Waals surface area contributed by atoms with Gasteiger partial charge in [-0.1, -0.05) is 36.4 Å². The zero-order valence-corrected chi connectivity index (χ0v) is 16.2. The Bertz CT molecular complexity index is 1140. The van der Waals surface area contributed by atoms with Gasteiger partial charge in [-0.3, -0.25) is 4.55 Å². The third-order valence-electron chi connectivity index (χ3n) is 4.20. The molecule has 0 aliphatic rings. The quantitative estimate of drug-likeness (QED) is 0.549. The van der Waals surface area contributed by atoms with Gasteiger partial charge in [-0.25, -0.2) is 4.79 Å². The van der Waals surface area contributed by atoms with Crippen LogP contribution in [0.5, 0.6) is 0 Å².